The zero-order valence-electron chi connectivity index (χ0n) is 11.6. The summed E-state index contributed by atoms with van der Waals surface area (Å²) in [6.45, 7) is 7.92. The van der Waals surface area contributed by atoms with Crippen LogP contribution in [0.5, 0.6) is 0 Å². The van der Waals surface area contributed by atoms with Gasteiger partial charge >= 0.3 is 0 Å². The van der Waals surface area contributed by atoms with Gasteiger partial charge in [0.1, 0.15) is 0 Å². The Bertz CT molecular complexity index is 454. The van der Waals surface area contributed by atoms with Gasteiger partial charge in [-0.05, 0) is 54.2 Å². The first-order valence-electron chi connectivity index (χ1n) is 6.71. The summed E-state index contributed by atoms with van der Waals surface area (Å²) in [5.74, 6) is 0. The fourth-order valence-electron chi connectivity index (χ4n) is 3.37. The van der Waals surface area contributed by atoms with Gasteiger partial charge in [0.2, 0.25) is 0 Å². The Balaban J connectivity index is 0.00000133. The van der Waals surface area contributed by atoms with Crippen LogP contribution in [0.4, 0.5) is 0 Å². The van der Waals surface area contributed by atoms with Crippen molar-refractivity contribution in [3.63, 3.8) is 0 Å². The largest absolute Gasteiger partial charge is 0.316 e. The molecule has 2 aliphatic heterocycles. The summed E-state index contributed by atoms with van der Waals surface area (Å²) in [5, 5.41) is 7.99. The van der Waals surface area contributed by atoms with Gasteiger partial charge in [-0.15, -0.1) is 12.4 Å². The van der Waals surface area contributed by atoms with Gasteiger partial charge in [0.05, 0.1) is 15.9 Å². The molecule has 1 N–H and O–H groups in total. The van der Waals surface area contributed by atoms with E-state index in [9.17, 15) is 0 Å². The molecule has 2 aliphatic rings. The minimum atomic E-state index is 0. The van der Waals surface area contributed by atoms with Crippen molar-refractivity contribution in [2.45, 2.75) is 26.3 Å². The monoisotopic (exact) mass is 348 g/mol. The highest BCUT2D eigenvalue weighted by Crippen LogP contribution is 2.37. The third-order valence-electron chi connectivity index (χ3n) is 4.48. The number of halogens is 2. The molecule has 0 bridgehead atoms. The van der Waals surface area contributed by atoms with E-state index in [1.807, 2.05) is 11.7 Å². The molecular formula is C13H22BrClN4. The second-order valence-corrected chi connectivity index (χ2v) is 6.65. The molecule has 1 aromatic heterocycles. The predicted octanol–water partition coefficient (Wildman–Crippen LogP) is 2.10. The summed E-state index contributed by atoms with van der Waals surface area (Å²) in [5.41, 5.74) is 2.94. The van der Waals surface area contributed by atoms with Gasteiger partial charge in [-0.1, -0.05) is 0 Å². The molecule has 0 aromatic carbocycles. The van der Waals surface area contributed by atoms with Crippen LogP contribution >= 0.6 is 28.3 Å². The zero-order valence-corrected chi connectivity index (χ0v) is 14.0. The minimum Gasteiger partial charge on any atom is -0.316 e. The lowest BCUT2D eigenvalue weighted by Crippen LogP contribution is -2.29. The highest BCUT2D eigenvalue weighted by atomic mass is 79.9. The van der Waals surface area contributed by atoms with E-state index in [0.717, 1.165) is 12.2 Å². The minimum absolute atomic E-state index is 0. The number of hydrogen-bond donors (Lipinski definition) is 1. The van der Waals surface area contributed by atoms with Gasteiger partial charge in [0, 0.05) is 26.7 Å². The Morgan fingerprint density at radius 3 is 2.79 bits per heavy atom. The van der Waals surface area contributed by atoms with Gasteiger partial charge < -0.3 is 5.32 Å². The molecule has 108 valence electrons. The molecular weight excluding hydrogens is 328 g/mol. The number of likely N-dealkylation sites (tertiary alicyclic amines) is 1. The first kappa shape index (κ1) is 15.3. The van der Waals surface area contributed by atoms with Crippen LogP contribution in [-0.2, 0) is 13.6 Å². The van der Waals surface area contributed by atoms with Gasteiger partial charge in [-0.25, -0.2) is 0 Å². The third-order valence-corrected chi connectivity index (χ3v) is 5.52. The molecule has 1 aromatic rings. The SMILES string of the molecule is Cc1nn(C)c(CN2CCC3(CCNC3)C2)c1Br.Cl. The molecule has 1 atom stereocenters. The normalized spacial score (nSPS) is 27.1. The average Bonchev–Trinajstić information content (AvgIpc) is 3.01. The smallest absolute Gasteiger partial charge is 0.0739 e. The van der Waals surface area contributed by atoms with E-state index in [2.05, 4.69) is 38.2 Å². The summed E-state index contributed by atoms with van der Waals surface area (Å²) in [7, 11) is 2.04. The van der Waals surface area contributed by atoms with Crippen LogP contribution in [0.25, 0.3) is 0 Å². The quantitative estimate of drug-likeness (QED) is 0.887. The Morgan fingerprint density at radius 2 is 2.21 bits per heavy atom. The topological polar surface area (TPSA) is 33.1 Å². The first-order valence-corrected chi connectivity index (χ1v) is 7.50. The summed E-state index contributed by atoms with van der Waals surface area (Å²) in [6, 6.07) is 0. The molecule has 4 nitrogen and oxygen atoms in total. The van der Waals surface area contributed by atoms with Crippen molar-refractivity contribution in [3.8, 4) is 0 Å². The van der Waals surface area contributed by atoms with Crippen LogP contribution < -0.4 is 5.32 Å². The molecule has 0 aliphatic carbocycles. The van der Waals surface area contributed by atoms with Gasteiger partial charge in [-0.3, -0.25) is 9.58 Å². The van der Waals surface area contributed by atoms with E-state index in [1.54, 1.807) is 0 Å². The lowest BCUT2D eigenvalue weighted by Gasteiger charge is -2.22. The fraction of sp³-hybridized carbons (Fsp3) is 0.769. The molecule has 19 heavy (non-hydrogen) atoms. The maximum Gasteiger partial charge on any atom is 0.0739 e. The van der Waals surface area contributed by atoms with E-state index in [1.165, 1.54) is 49.2 Å². The van der Waals surface area contributed by atoms with Crippen molar-refractivity contribution in [2.75, 3.05) is 26.2 Å². The zero-order chi connectivity index (χ0) is 12.8. The average molecular weight is 350 g/mol. The highest BCUT2D eigenvalue weighted by molar-refractivity contribution is 9.10. The standard InChI is InChI=1S/C13H21BrN4.ClH/c1-10-12(14)11(17(2)16-10)7-18-6-4-13(9-18)3-5-15-8-13;/h15H,3-9H2,1-2H3;1H. The van der Waals surface area contributed by atoms with E-state index < -0.39 is 0 Å². The summed E-state index contributed by atoms with van der Waals surface area (Å²) in [4.78, 5) is 2.58. The van der Waals surface area contributed by atoms with Crippen LogP contribution in [-0.4, -0.2) is 40.9 Å². The molecule has 0 amide bonds. The van der Waals surface area contributed by atoms with E-state index in [4.69, 9.17) is 0 Å². The van der Waals surface area contributed by atoms with Crippen LogP contribution in [0.15, 0.2) is 4.47 Å². The molecule has 3 rings (SSSR count). The van der Waals surface area contributed by atoms with E-state index in [0.29, 0.717) is 5.41 Å². The Hall–Kier alpha value is -0.100. The van der Waals surface area contributed by atoms with Crippen LogP contribution in [0.3, 0.4) is 0 Å². The van der Waals surface area contributed by atoms with Gasteiger partial charge in [0.15, 0.2) is 0 Å². The maximum atomic E-state index is 4.47. The molecule has 2 fully saturated rings. The number of nitrogens with zero attached hydrogens (tertiary/aromatic N) is 3. The molecule has 3 heterocycles. The third kappa shape index (κ3) is 2.84. The van der Waals surface area contributed by atoms with Crippen molar-refractivity contribution in [1.82, 2.24) is 20.0 Å². The van der Waals surface area contributed by atoms with Gasteiger partial charge in [0.25, 0.3) is 0 Å². The first-order chi connectivity index (χ1) is 8.60. The number of nitrogens with one attached hydrogen (secondary N) is 1. The predicted molar refractivity (Wildman–Crippen MR) is 82.7 cm³/mol. The van der Waals surface area contributed by atoms with Crippen LogP contribution in [0.2, 0.25) is 0 Å². The van der Waals surface area contributed by atoms with Crippen LogP contribution in [0.1, 0.15) is 24.2 Å². The van der Waals surface area contributed by atoms with Crippen molar-refractivity contribution in [3.05, 3.63) is 15.9 Å². The number of rotatable bonds is 2. The summed E-state index contributed by atoms with van der Waals surface area (Å²) < 4.78 is 3.19. The molecule has 0 radical (unpaired) electrons. The summed E-state index contributed by atoms with van der Waals surface area (Å²) >= 11 is 3.66. The number of aryl methyl sites for hydroxylation is 2. The molecule has 2 saturated heterocycles. The second-order valence-electron chi connectivity index (χ2n) is 5.86. The van der Waals surface area contributed by atoms with Crippen molar-refractivity contribution < 1.29 is 0 Å². The molecule has 1 spiro atoms. The maximum absolute atomic E-state index is 4.47. The Kier molecular flexibility index (Phi) is 4.60. The molecule has 6 heteroatoms. The lowest BCUT2D eigenvalue weighted by atomic mass is 9.87. The number of hydrogen-bond acceptors (Lipinski definition) is 3. The fourth-order valence-corrected chi connectivity index (χ4v) is 3.83. The molecule has 0 saturated carbocycles. The van der Waals surface area contributed by atoms with Crippen LogP contribution in [0, 0.1) is 12.3 Å². The van der Waals surface area contributed by atoms with Crippen molar-refractivity contribution in [1.29, 1.82) is 0 Å². The lowest BCUT2D eigenvalue weighted by molar-refractivity contribution is 0.263. The Morgan fingerprint density at radius 1 is 1.42 bits per heavy atom. The van der Waals surface area contributed by atoms with Crippen molar-refractivity contribution in [2.24, 2.45) is 12.5 Å². The number of aromatic nitrogens is 2. The van der Waals surface area contributed by atoms with Gasteiger partial charge in [-0.2, -0.15) is 5.10 Å². The van der Waals surface area contributed by atoms with E-state index in [-0.39, 0.29) is 12.4 Å². The highest BCUT2D eigenvalue weighted by Gasteiger charge is 2.40. The van der Waals surface area contributed by atoms with Crippen molar-refractivity contribution >= 4 is 28.3 Å². The second kappa shape index (κ2) is 5.72. The Labute approximate surface area is 129 Å². The molecule has 1 unspecified atom stereocenters. The summed E-state index contributed by atoms with van der Waals surface area (Å²) in [6.07, 6.45) is 2.68. The van der Waals surface area contributed by atoms with E-state index >= 15 is 0 Å².